The van der Waals surface area contributed by atoms with Crippen LogP contribution in [0.3, 0.4) is 0 Å². The number of thiophene rings is 1. The van der Waals surface area contributed by atoms with Crippen LogP contribution in [0.25, 0.3) is 20.5 Å². The summed E-state index contributed by atoms with van der Waals surface area (Å²) >= 11 is 1.25. The van der Waals surface area contributed by atoms with Crippen molar-refractivity contribution in [1.82, 2.24) is 0 Å². The number of fused-ring (bicyclic) bond motifs is 1. The Hall–Kier alpha value is -2.21. The SMILES string of the molecule is COc1ccc(-c2sc3cc(C(F)(F)F)ccc3c2N)cc1. The minimum Gasteiger partial charge on any atom is -0.497 e. The van der Waals surface area contributed by atoms with Crippen molar-refractivity contribution in [3.8, 4) is 16.2 Å². The molecule has 3 aromatic rings. The Morgan fingerprint density at radius 3 is 2.32 bits per heavy atom. The van der Waals surface area contributed by atoms with Gasteiger partial charge in [-0.25, -0.2) is 0 Å². The Labute approximate surface area is 128 Å². The Bertz CT molecular complexity index is 822. The number of halogens is 3. The highest BCUT2D eigenvalue weighted by molar-refractivity contribution is 7.23. The molecule has 6 heteroatoms. The van der Waals surface area contributed by atoms with Crippen molar-refractivity contribution in [2.75, 3.05) is 12.8 Å². The second-order valence-corrected chi connectivity index (χ2v) is 5.83. The predicted octanol–water partition coefficient (Wildman–Crippen LogP) is 5.18. The van der Waals surface area contributed by atoms with Crippen molar-refractivity contribution in [2.45, 2.75) is 6.18 Å². The Balaban J connectivity index is 2.12. The van der Waals surface area contributed by atoms with Crippen LogP contribution in [0.1, 0.15) is 5.56 Å². The standard InChI is InChI=1S/C16H12F3NOS/c1-21-11-5-2-9(3-6-11)15-14(20)12-7-4-10(16(17,18)19)8-13(12)22-15/h2-8H,20H2,1H3. The van der Waals surface area contributed by atoms with Crippen LogP contribution in [-0.4, -0.2) is 7.11 Å². The molecular weight excluding hydrogens is 311 g/mol. The molecule has 0 unspecified atom stereocenters. The lowest BCUT2D eigenvalue weighted by atomic mass is 10.1. The van der Waals surface area contributed by atoms with Gasteiger partial charge in [-0.15, -0.1) is 11.3 Å². The minimum absolute atomic E-state index is 0.499. The van der Waals surface area contributed by atoms with Gasteiger partial charge in [0.05, 0.1) is 23.2 Å². The zero-order valence-corrected chi connectivity index (χ0v) is 12.4. The van der Waals surface area contributed by atoms with Crippen LogP contribution in [0.4, 0.5) is 18.9 Å². The van der Waals surface area contributed by atoms with Crippen molar-refractivity contribution in [3.05, 3.63) is 48.0 Å². The first kappa shape index (κ1) is 14.7. The summed E-state index contributed by atoms with van der Waals surface area (Å²) in [6.07, 6.45) is -4.35. The lowest BCUT2D eigenvalue weighted by Crippen LogP contribution is -2.03. The summed E-state index contributed by atoms with van der Waals surface area (Å²) in [4.78, 5) is 0.761. The molecule has 3 rings (SSSR count). The van der Waals surface area contributed by atoms with E-state index in [1.54, 1.807) is 19.2 Å². The molecule has 2 N–H and O–H groups in total. The quantitative estimate of drug-likeness (QED) is 0.705. The molecule has 0 saturated heterocycles. The molecule has 0 bridgehead atoms. The smallest absolute Gasteiger partial charge is 0.416 e. The third kappa shape index (κ3) is 2.50. The van der Waals surface area contributed by atoms with Gasteiger partial charge in [-0.2, -0.15) is 13.2 Å². The summed E-state index contributed by atoms with van der Waals surface area (Å²) in [5.41, 5.74) is 6.79. The highest BCUT2D eigenvalue weighted by atomic mass is 32.1. The van der Waals surface area contributed by atoms with Crippen LogP contribution < -0.4 is 10.5 Å². The summed E-state index contributed by atoms with van der Waals surface area (Å²) in [5.74, 6) is 0.711. The van der Waals surface area contributed by atoms with E-state index in [4.69, 9.17) is 10.5 Å². The molecule has 0 saturated carbocycles. The fourth-order valence-corrected chi connectivity index (χ4v) is 3.42. The lowest BCUT2D eigenvalue weighted by molar-refractivity contribution is -0.137. The van der Waals surface area contributed by atoms with Crippen molar-refractivity contribution in [1.29, 1.82) is 0 Å². The summed E-state index contributed by atoms with van der Waals surface area (Å²) < 4.78 is 44.0. The number of rotatable bonds is 2. The summed E-state index contributed by atoms with van der Waals surface area (Å²) in [7, 11) is 1.57. The van der Waals surface area contributed by atoms with E-state index in [0.29, 0.717) is 21.5 Å². The second-order valence-electron chi connectivity index (χ2n) is 4.78. The van der Waals surface area contributed by atoms with Gasteiger partial charge in [-0.3, -0.25) is 0 Å². The first-order chi connectivity index (χ1) is 10.4. The van der Waals surface area contributed by atoms with Crippen LogP contribution in [0.5, 0.6) is 5.75 Å². The van der Waals surface area contributed by atoms with Crippen LogP contribution in [0.15, 0.2) is 42.5 Å². The maximum Gasteiger partial charge on any atom is 0.416 e. The number of nitrogens with two attached hydrogens (primary N) is 1. The number of nitrogen functional groups attached to an aromatic ring is 1. The van der Waals surface area contributed by atoms with Crippen LogP contribution in [0.2, 0.25) is 0 Å². The van der Waals surface area contributed by atoms with Gasteiger partial charge in [0.1, 0.15) is 5.75 Å². The summed E-state index contributed by atoms with van der Waals surface area (Å²) in [6, 6.07) is 10.9. The van der Waals surface area contributed by atoms with E-state index in [0.717, 1.165) is 22.6 Å². The second kappa shape index (κ2) is 5.21. The highest BCUT2D eigenvalue weighted by Crippen LogP contribution is 2.43. The highest BCUT2D eigenvalue weighted by Gasteiger charge is 2.31. The monoisotopic (exact) mass is 323 g/mol. The number of hydrogen-bond acceptors (Lipinski definition) is 3. The van der Waals surface area contributed by atoms with Gasteiger partial charge in [-0.05, 0) is 42.0 Å². The van der Waals surface area contributed by atoms with Gasteiger partial charge in [-0.1, -0.05) is 6.07 Å². The molecule has 0 radical (unpaired) electrons. The van der Waals surface area contributed by atoms with E-state index in [1.807, 2.05) is 12.1 Å². The fraction of sp³-hybridized carbons (Fsp3) is 0.125. The number of benzene rings is 2. The van der Waals surface area contributed by atoms with Gasteiger partial charge in [0.15, 0.2) is 0 Å². The average molecular weight is 323 g/mol. The molecule has 2 nitrogen and oxygen atoms in total. The topological polar surface area (TPSA) is 35.2 Å². The first-order valence-corrected chi connectivity index (χ1v) is 7.25. The summed E-state index contributed by atoms with van der Waals surface area (Å²) in [6.45, 7) is 0. The molecule has 0 aliphatic heterocycles. The molecule has 1 aromatic heterocycles. The maximum absolute atomic E-state index is 12.8. The maximum atomic E-state index is 12.8. The predicted molar refractivity (Wildman–Crippen MR) is 83.2 cm³/mol. The molecular formula is C16H12F3NOS. The van der Waals surface area contributed by atoms with Gasteiger partial charge in [0.25, 0.3) is 0 Å². The van der Waals surface area contributed by atoms with E-state index >= 15 is 0 Å². The molecule has 0 aliphatic rings. The number of ether oxygens (including phenoxy) is 1. The third-order valence-electron chi connectivity index (χ3n) is 3.41. The number of methoxy groups -OCH3 is 1. The Kier molecular flexibility index (Phi) is 3.48. The van der Waals surface area contributed by atoms with Crippen LogP contribution in [-0.2, 0) is 6.18 Å². The lowest BCUT2D eigenvalue weighted by Gasteiger charge is -2.05. The van der Waals surface area contributed by atoms with Gasteiger partial charge < -0.3 is 10.5 Å². The van der Waals surface area contributed by atoms with Crippen molar-refractivity contribution in [3.63, 3.8) is 0 Å². The number of hydrogen-bond donors (Lipinski definition) is 1. The van der Waals surface area contributed by atoms with Crippen LogP contribution in [0, 0.1) is 0 Å². The molecule has 0 amide bonds. The van der Waals surface area contributed by atoms with Crippen molar-refractivity contribution < 1.29 is 17.9 Å². The molecule has 114 valence electrons. The molecule has 22 heavy (non-hydrogen) atoms. The molecule has 2 aromatic carbocycles. The van der Waals surface area contributed by atoms with Crippen molar-refractivity contribution >= 4 is 27.1 Å². The summed E-state index contributed by atoms with van der Waals surface area (Å²) in [5, 5.41) is 0.642. The Morgan fingerprint density at radius 1 is 1.05 bits per heavy atom. The zero-order valence-electron chi connectivity index (χ0n) is 11.6. The molecule has 0 spiro atoms. The van der Waals surface area contributed by atoms with E-state index in [2.05, 4.69) is 0 Å². The van der Waals surface area contributed by atoms with Crippen LogP contribution >= 0.6 is 11.3 Å². The fourth-order valence-electron chi connectivity index (χ4n) is 2.25. The van der Waals surface area contributed by atoms with Gasteiger partial charge >= 0.3 is 6.18 Å². The zero-order chi connectivity index (χ0) is 15.9. The van der Waals surface area contributed by atoms with Gasteiger partial charge in [0.2, 0.25) is 0 Å². The molecule has 0 atom stereocenters. The minimum atomic E-state index is -4.35. The third-order valence-corrected chi connectivity index (χ3v) is 4.63. The van der Waals surface area contributed by atoms with E-state index < -0.39 is 11.7 Å². The first-order valence-electron chi connectivity index (χ1n) is 6.44. The normalized spacial score (nSPS) is 11.8. The molecule has 0 fully saturated rings. The number of alkyl halides is 3. The van der Waals surface area contributed by atoms with E-state index in [9.17, 15) is 13.2 Å². The Morgan fingerprint density at radius 2 is 1.73 bits per heavy atom. The molecule has 0 aliphatic carbocycles. The molecule has 1 heterocycles. The van der Waals surface area contributed by atoms with E-state index in [-0.39, 0.29) is 0 Å². The number of anilines is 1. The average Bonchev–Trinajstić information content (AvgIpc) is 2.83. The largest absolute Gasteiger partial charge is 0.497 e. The van der Waals surface area contributed by atoms with E-state index in [1.165, 1.54) is 17.4 Å². The van der Waals surface area contributed by atoms with Crippen molar-refractivity contribution in [2.24, 2.45) is 0 Å². The van der Waals surface area contributed by atoms with Gasteiger partial charge in [0, 0.05) is 10.1 Å².